The number of aromatic nitrogens is 4. The molecule has 4 rings (SSSR count). The molecule has 0 fully saturated rings. The van der Waals surface area contributed by atoms with Crippen LogP contribution in [0.2, 0.25) is 0 Å². The lowest BCUT2D eigenvalue weighted by Gasteiger charge is -2.10. The Hall–Kier alpha value is -3.36. The number of benzene rings is 2. The van der Waals surface area contributed by atoms with Gasteiger partial charge in [0.25, 0.3) is 0 Å². The van der Waals surface area contributed by atoms with Crippen molar-refractivity contribution in [3.05, 3.63) is 66.6 Å². The zero-order valence-corrected chi connectivity index (χ0v) is 14.7. The lowest BCUT2D eigenvalue weighted by Crippen LogP contribution is -2.17. The van der Waals surface area contributed by atoms with Crippen molar-refractivity contribution >= 4 is 22.3 Å². The Morgan fingerprint density at radius 1 is 1.11 bits per heavy atom. The second-order valence-corrected chi connectivity index (χ2v) is 6.40. The van der Waals surface area contributed by atoms with Crippen LogP contribution >= 0.6 is 0 Å². The van der Waals surface area contributed by atoms with Crippen LogP contribution in [-0.2, 0) is 6.54 Å². The molecule has 2 aromatic heterocycles. The third kappa shape index (κ3) is 3.68. The highest BCUT2D eigenvalue weighted by Gasteiger charge is 2.28. The first-order valence-electron chi connectivity index (χ1n) is 8.39. The molecule has 144 valence electrons. The van der Waals surface area contributed by atoms with Gasteiger partial charge in [0.2, 0.25) is 0 Å². The van der Waals surface area contributed by atoms with Gasteiger partial charge in [-0.3, -0.25) is 4.68 Å². The van der Waals surface area contributed by atoms with Gasteiger partial charge < -0.3 is 9.88 Å². The van der Waals surface area contributed by atoms with Crippen molar-refractivity contribution in [3.8, 4) is 5.69 Å². The molecule has 0 spiro atoms. The first kappa shape index (κ1) is 18.0. The summed E-state index contributed by atoms with van der Waals surface area (Å²) in [5.41, 5.74) is 2.43. The van der Waals surface area contributed by atoms with E-state index in [1.807, 2.05) is 6.92 Å². The first-order chi connectivity index (χ1) is 13.3. The van der Waals surface area contributed by atoms with E-state index in [1.54, 1.807) is 41.1 Å². The van der Waals surface area contributed by atoms with Crippen LogP contribution in [0.5, 0.6) is 0 Å². The minimum absolute atomic E-state index is 0.346. The van der Waals surface area contributed by atoms with E-state index < -0.39 is 18.5 Å². The monoisotopic (exact) mass is 389 g/mol. The van der Waals surface area contributed by atoms with Gasteiger partial charge >= 0.3 is 6.18 Å². The molecule has 2 heterocycles. The van der Waals surface area contributed by atoms with E-state index in [2.05, 4.69) is 15.4 Å². The quantitative estimate of drug-likeness (QED) is 0.501. The molecule has 1 N–H and O–H groups in total. The lowest BCUT2D eigenvalue weighted by molar-refractivity contribution is -0.142. The highest BCUT2D eigenvalue weighted by molar-refractivity contribution is 5.91. The summed E-state index contributed by atoms with van der Waals surface area (Å²) < 4.78 is 54.8. The first-order valence-corrected chi connectivity index (χ1v) is 8.39. The van der Waals surface area contributed by atoms with Gasteiger partial charge in [-0.25, -0.2) is 9.37 Å². The normalized spacial score (nSPS) is 11.9. The molecule has 0 aliphatic carbocycles. The van der Waals surface area contributed by atoms with E-state index in [1.165, 1.54) is 18.6 Å². The number of nitrogens with zero attached hydrogens (tertiary/aromatic N) is 4. The number of halogens is 4. The Kier molecular flexibility index (Phi) is 4.29. The van der Waals surface area contributed by atoms with Crippen molar-refractivity contribution in [1.29, 1.82) is 0 Å². The second-order valence-electron chi connectivity index (χ2n) is 6.40. The third-order valence-electron chi connectivity index (χ3n) is 4.14. The van der Waals surface area contributed by atoms with Crippen LogP contribution in [0.1, 0.15) is 5.69 Å². The van der Waals surface area contributed by atoms with Gasteiger partial charge in [-0.05, 0) is 31.2 Å². The molecule has 9 heteroatoms. The van der Waals surface area contributed by atoms with Crippen molar-refractivity contribution < 1.29 is 17.6 Å². The molecule has 28 heavy (non-hydrogen) atoms. The number of rotatable bonds is 4. The van der Waals surface area contributed by atoms with Crippen LogP contribution in [0.3, 0.4) is 0 Å². The van der Waals surface area contributed by atoms with Crippen molar-refractivity contribution in [1.82, 2.24) is 19.3 Å². The summed E-state index contributed by atoms with van der Waals surface area (Å²) in [5.74, 6) is -0.461. The topological polar surface area (TPSA) is 47.7 Å². The largest absolute Gasteiger partial charge is 0.408 e. The smallest absolute Gasteiger partial charge is 0.354 e. The van der Waals surface area contributed by atoms with Crippen molar-refractivity contribution in [2.45, 2.75) is 19.6 Å². The summed E-state index contributed by atoms with van der Waals surface area (Å²) in [4.78, 5) is 4.08. The number of alkyl halides is 3. The number of hydrogen-bond acceptors (Lipinski definition) is 3. The van der Waals surface area contributed by atoms with Gasteiger partial charge in [0.1, 0.15) is 17.9 Å². The number of anilines is 2. The number of fused-ring (bicyclic) bond motifs is 1. The molecule has 0 bridgehead atoms. The summed E-state index contributed by atoms with van der Waals surface area (Å²) in [7, 11) is 0. The minimum atomic E-state index is -4.36. The molecule has 0 saturated heterocycles. The van der Waals surface area contributed by atoms with Gasteiger partial charge in [-0.1, -0.05) is 12.1 Å². The van der Waals surface area contributed by atoms with E-state index in [4.69, 9.17) is 0 Å². The molecule has 0 atom stereocenters. The Morgan fingerprint density at radius 3 is 2.61 bits per heavy atom. The Balaban J connectivity index is 1.63. The maximum absolute atomic E-state index is 14.5. The average Bonchev–Trinajstić information content (AvgIpc) is 3.20. The van der Waals surface area contributed by atoms with Crippen molar-refractivity contribution in [2.24, 2.45) is 0 Å². The predicted molar refractivity (Wildman–Crippen MR) is 97.3 cm³/mol. The molecule has 0 saturated carbocycles. The fourth-order valence-electron chi connectivity index (χ4n) is 2.96. The number of nitrogens with one attached hydrogen (secondary N) is 1. The third-order valence-corrected chi connectivity index (χ3v) is 4.14. The van der Waals surface area contributed by atoms with Crippen molar-refractivity contribution in [2.75, 3.05) is 5.32 Å². The number of aryl methyl sites for hydroxylation is 1. The SMILES string of the molecule is Cc1cn(-c2ccc(Nc3cccc4cn(CC(F)(F)F)nc34)cc2F)cn1. The van der Waals surface area contributed by atoms with Crippen LogP contribution in [0, 0.1) is 12.7 Å². The van der Waals surface area contributed by atoms with Gasteiger partial charge in [0, 0.05) is 23.5 Å². The van der Waals surface area contributed by atoms with Crippen LogP contribution in [-0.4, -0.2) is 25.5 Å². The van der Waals surface area contributed by atoms with E-state index in [0.717, 1.165) is 10.4 Å². The Morgan fingerprint density at radius 2 is 1.93 bits per heavy atom. The van der Waals surface area contributed by atoms with Crippen LogP contribution < -0.4 is 5.32 Å². The molecule has 0 amide bonds. The number of hydrogen-bond donors (Lipinski definition) is 1. The second kappa shape index (κ2) is 6.66. The minimum Gasteiger partial charge on any atom is -0.354 e. The fraction of sp³-hybridized carbons (Fsp3) is 0.158. The molecular formula is C19H15F4N5. The summed E-state index contributed by atoms with van der Waals surface area (Å²) >= 11 is 0. The van der Waals surface area contributed by atoms with Gasteiger partial charge in [0.15, 0.2) is 0 Å². The van der Waals surface area contributed by atoms with Gasteiger partial charge in [0.05, 0.1) is 23.4 Å². The summed E-state index contributed by atoms with van der Waals surface area (Å²) in [5, 5.41) is 7.59. The predicted octanol–water partition coefficient (Wildman–Crippen LogP) is 4.98. The molecule has 4 aromatic rings. The summed E-state index contributed by atoms with van der Waals surface area (Å²) in [6.07, 6.45) is 0.202. The summed E-state index contributed by atoms with van der Waals surface area (Å²) in [6.45, 7) is 0.637. The van der Waals surface area contributed by atoms with E-state index in [9.17, 15) is 17.6 Å². The lowest BCUT2D eigenvalue weighted by atomic mass is 10.2. The van der Waals surface area contributed by atoms with Crippen LogP contribution in [0.25, 0.3) is 16.6 Å². The molecule has 0 unspecified atom stereocenters. The Labute approximate surface area is 157 Å². The zero-order valence-electron chi connectivity index (χ0n) is 14.7. The van der Waals surface area contributed by atoms with E-state index in [-0.39, 0.29) is 0 Å². The fourth-order valence-corrected chi connectivity index (χ4v) is 2.96. The van der Waals surface area contributed by atoms with Gasteiger partial charge in [-0.15, -0.1) is 0 Å². The maximum Gasteiger partial charge on any atom is 0.408 e. The van der Waals surface area contributed by atoms with Crippen LogP contribution in [0.4, 0.5) is 28.9 Å². The molecule has 5 nitrogen and oxygen atoms in total. The Bertz CT molecular complexity index is 1140. The molecule has 0 aliphatic heterocycles. The molecule has 2 aromatic carbocycles. The molecule has 0 aliphatic rings. The van der Waals surface area contributed by atoms with E-state index in [0.29, 0.717) is 28.0 Å². The number of imidazole rings is 1. The van der Waals surface area contributed by atoms with Gasteiger partial charge in [-0.2, -0.15) is 18.3 Å². The molecule has 0 radical (unpaired) electrons. The highest BCUT2D eigenvalue weighted by Crippen LogP contribution is 2.28. The zero-order chi connectivity index (χ0) is 19.9. The summed E-state index contributed by atoms with van der Waals surface area (Å²) in [6, 6.07) is 9.64. The maximum atomic E-state index is 14.5. The average molecular weight is 389 g/mol. The van der Waals surface area contributed by atoms with Crippen LogP contribution in [0.15, 0.2) is 55.1 Å². The van der Waals surface area contributed by atoms with E-state index >= 15 is 0 Å². The highest BCUT2D eigenvalue weighted by atomic mass is 19.4. The standard InChI is InChI=1S/C19H15F4N5/c1-12-8-27(11-24-12)17-6-5-14(7-15(17)20)25-16-4-2-3-13-9-28(26-18(13)16)10-19(21,22)23/h2-9,11,25H,10H2,1H3. The molecular weight excluding hydrogens is 374 g/mol. The van der Waals surface area contributed by atoms with Crippen molar-refractivity contribution in [3.63, 3.8) is 0 Å².